The molecular weight excluding hydrogens is 248 g/mol. The SMILES string of the molecule is CC1(CNS(=O)(=O)c2ccccc2)CCNCC1. The van der Waals surface area contributed by atoms with Crippen LogP contribution in [0.3, 0.4) is 0 Å². The molecule has 1 aliphatic heterocycles. The first-order valence-electron chi connectivity index (χ1n) is 6.27. The minimum atomic E-state index is -3.37. The molecule has 2 rings (SSSR count). The summed E-state index contributed by atoms with van der Waals surface area (Å²) in [4.78, 5) is 0.336. The van der Waals surface area contributed by atoms with E-state index < -0.39 is 10.0 Å². The van der Waals surface area contributed by atoms with Crippen LogP contribution in [0.15, 0.2) is 35.2 Å². The summed E-state index contributed by atoms with van der Waals surface area (Å²) in [6.45, 7) is 4.57. The van der Waals surface area contributed by atoms with Crippen molar-refractivity contribution in [3.8, 4) is 0 Å². The summed E-state index contributed by atoms with van der Waals surface area (Å²) in [5, 5.41) is 3.29. The highest BCUT2D eigenvalue weighted by atomic mass is 32.2. The smallest absolute Gasteiger partial charge is 0.240 e. The quantitative estimate of drug-likeness (QED) is 0.867. The number of sulfonamides is 1. The van der Waals surface area contributed by atoms with Gasteiger partial charge in [0.25, 0.3) is 0 Å². The Kier molecular flexibility index (Phi) is 4.04. The van der Waals surface area contributed by atoms with Crippen molar-refractivity contribution in [3.63, 3.8) is 0 Å². The lowest BCUT2D eigenvalue weighted by molar-refractivity contribution is 0.232. The minimum Gasteiger partial charge on any atom is -0.317 e. The largest absolute Gasteiger partial charge is 0.317 e. The molecule has 1 aromatic carbocycles. The summed E-state index contributed by atoms with van der Waals surface area (Å²) in [7, 11) is -3.37. The Balaban J connectivity index is 2.01. The standard InChI is InChI=1S/C13H20N2O2S/c1-13(7-9-14-10-8-13)11-15-18(16,17)12-5-3-2-4-6-12/h2-6,14-15H,7-11H2,1H3. The maximum Gasteiger partial charge on any atom is 0.240 e. The highest BCUT2D eigenvalue weighted by Crippen LogP contribution is 2.27. The van der Waals surface area contributed by atoms with Crippen LogP contribution in [0.5, 0.6) is 0 Å². The fourth-order valence-corrected chi connectivity index (χ4v) is 3.38. The molecule has 1 aromatic rings. The predicted octanol–water partition coefficient (Wildman–Crippen LogP) is 1.35. The molecule has 1 heterocycles. The number of rotatable bonds is 4. The van der Waals surface area contributed by atoms with Gasteiger partial charge in [0.15, 0.2) is 0 Å². The average Bonchev–Trinajstić information content (AvgIpc) is 2.39. The lowest BCUT2D eigenvalue weighted by Crippen LogP contribution is -2.42. The van der Waals surface area contributed by atoms with E-state index in [1.54, 1.807) is 24.3 Å². The highest BCUT2D eigenvalue weighted by molar-refractivity contribution is 7.89. The summed E-state index contributed by atoms with van der Waals surface area (Å²) in [5.74, 6) is 0. The van der Waals surface area contributed by atoms with Crippen molar-refractivity contribution >= 4 is 10.0 Å². The molecule has 0 amide bonds. The number of hydrogen-bond donors (Lipinski definition) is 2. The topological polar surface area (TPSA) is 58.2 Å². The van der Waals surface area contributed by atoms with Crippen LogP contribution < -0.4 is 10.0 Å². The molecule has 0 unspecified atom stereocenters. The highest BCUT2D eigenvalue weighted by Gasteiger charge is 2.28. The van der Waals surface area contributed by atoms with Crippen molar-refractivity contribution in [2.24, 2.45) is 5.41 Å². The molecule has 100 valence electrons. The maximum atomic E-state index is 12.1. The second-order valence-corrected chi connectivity index (χ2v) is 6.97. The van der Waals surface area contributed by atoms with E-state index in [-0.39, 0.29) is 5.41 Å². The molecule has 0 radical (unpaired) electrons. The molecule has 0 spiro atoms. The van der Waals surface area contributed by atoms with Crippen LogP contribution in [0, 0.1) is 5.41 Å². The van der Waals surface area contributed by atoms with Crippen LogP contribution in [0.4, 0.5) is 0 Å². The molecule has 18 heavy (non-hydrogen) atoms. The summed E-state index contributed by atoms with van der Waals surface area (Å²) in [6.07, 6.45) is 2.01. The van der Waals surface area contributed by atoms with E-state index in [9.17, 15) is 8.42 Å². The average molecular weight is 268 g/mol. The number of nitrogens with one attached hydrogen (secondary N) is 2. The van der Waals surface area contributed by atoms with Gasteiger partial charge in [-0.25, -0.2) is 13.1 Å². The Morgan fingerprint density at radius 3 is 2.44 bits per heavy atom. The lowest BCUT2D eigenvalue weighted by Gasteiger charge is -2.34. The summed E-state index contributed by atoms with van der Waals surface area (Å²) >= 11 is 0. The molecule has 0 aromatic heterocycles. The normalized spacial score (nSPS) is 19.6. The van der Waals surface area contributed by atoms with Gasteiger partial charge in [-0.2, -0.15) is 0 Å². The van der Waals surface area contributed by atoms with Gasteiger partial charge in [-0.1, -0.05) is 25.1 Å². The molecule has 0 saturated carbocycles. The zero-order valence-electron chi connectivity index (χ0n) is 10.6. The van der Waals surface area contributed by atoms with E-state index >= 15 is 0 Å². The summed E-state index contributed by atoms with van der Waals surface area (Å²) in [6, 6.07) is 8.52. The molecule has 4 nitrogen and oxygen atoms in total. The molecule has 1 aliphatic rings. The van der Waals surface area contributed by atoms with Crippen LogP contribution in [0.1, 0.15) is 19.8 Å². The monoisotopic (exact) mass is 268 g/mol. The third kappa shape index (κ3) is 3.31. The van der Waals surface area contributed by atoms with Crippen molar-refractivity contribution in [3.05, 3.63) is 30.3 Å². The zero-order valence-corrected chi connectivity index (χ0v) is 11.5. The molecule has 0 aliphatic carbocycles. The second kappa shape index (κ2) is 5.38. The van der Waals surface area contributed by atoms with E-state index in [2.05, 4.69) is 17.0 Å². The number of piperidine rings is 1. The van der Waals surface area contributed by atoms with Gasteiger partial charge in [-0.3, -0.25) is 0 Å². The molecule has 5 heteroatoms. The second-order valence-electron chi connectivity index (χ2n) is 5.20. The minimum absolute atomic E-state index is 0.0626. The van der Waals surface area contributed by atoms with Gasteiger partial charge in [-0.15, -0.1) is 0 Å². The van der Waals surface area contributed by atoms with Gasteiger partial charge in [0.05, 0.1) is 4.90 Å². The van der Waals surface area contributed by atoms with Gasteiger partial charge in [0, 0.05) is 6.54 Å². The van der Waals surface area contributed by atoms with Gasteiger partial charge in [0.1, 0.15) is 0 Å². The Morgan fingerprint density at radius 2 is 1.83 bits per heavy atom. The maximum absolute atomic E-state index is 12.1. The number of benzene rings is 1. The molecule has 1 fully saturated rings. The Hall–Kier alpha value is -0.910. The third-order valence-electron chi connectivity index (χ3n) is 3.55. The van der Waals surface area contributed by atoms with Crippen LogP contribution >= 0.6 is 0 Å². The van der Waals surface area contributed by atoms with Gasteiger partial charge >= 0.3 is 0 Å². The van der Waals surface area contributed by atoms with Gasteiger partial charge in [0.2, 0.25) is 10.0 Å². The molecule has 1 saturated heterocycles. The molecule has 0 bridgehead atoms. The molecule has 2 N–H and O–H groups in total. The Bertz CT molecular complexity index is 479. The van der Waals surface area contributed by atoms with E-state index in [1.807, 2.05) is 6.07 Å². The lowest BCUT2D eigenvalue weighted by atomic mass is 9.81. The molecule has 0 atom stereocenters. The summed E-state index contributed by atoms with van der Waals surface area (Å²) in [5.41, 5.74) is 0.0626. The fourth-order valence-electron chi connectivity index (χ4n) is 2.16. The predicted molar refractivity (Wildman–Crippen MR) is 71.8 cm³/mol. The Labute approximate surface area is 109 Å². The zero-order chi connectivity index (χ0) is 13.1. The van der Waals surface area contributed by atoms with Crippen LogP contribution in [0.2, 0.25) is 0 Å². The van der Waals surface area contributed by atoms with E-state index in [4.69, 9.17) is 0 Å². The van der Waals surface area contributed by atoms with Crippen molar-refractivity contribution in [2.75, 3.05) is 19.6 Å². The van der Waals surface area contributed by atoms with Gasteiger partial charge in [-0.05, 0) is 43.5 Å². The summed E-state index contributed by atoms with van der Waals surface area (Å²) < 4.78 is 26.9. The molecular formula is C13H20N2O2S. The van der Waals surface area contributed by atoms with Crippen molar-refractivity contribution in [2.45, 2.75) is 24.7 Å². The van der Waals surface area contributed by atoms with Crippen LogP contribution in [-0.2, 0) is 10.0 Å². The van der Waals surface area contributed by atoms with E-state index in [0.29, 0.717) is 11.4 Å². The fraction of sp³-hybridized carbons (Fsp3) is 0.538. The van der Waals surface area contributed by atoms with E-state index in [0.717, 1.165) is 25.9 Å². The first-order valence-corrected chi connectivity index (χ1v) is 7.76. The van der Waals surface area contributed by atoms with Crippen molar-refractivity contribution < 1.29 is 8.42 Å². The van der Waals surface area contributed by atoms with Crippen molar-refractivity contribution in [1.29, 1.82) is 0 Å². The van der Waals surface area contributed by atoms with Crippen LogP contribution in [0.25, 0.3) is 0 Å². The van der Waals surface area contributed by atoms with E-state index in [1.165, 1.54) is 0 Å². The Morgan fingerprint density at radius 1 is 1.22 bits per heavy atom. The van der Waals surface area contributed by atoms with Gasteiger partial charge < -0.3 is 5.32 Å². The third-order valence-corrected chi connectivity index (χ3v) is 4.97. The van der Waals surface area contributed by atoms with Crippen molar-refractivity contribution in [1.82, 2.24) is 10.0 Å². The first kappa shape index (κ1) is 13.5. The van der Waals surface area contributed by atoms with Crippen LogP contribution in [-0.4, -0.2) is 28.1 Å². The first-order chi connectivity index (χ1) is 8.52. The number of hydrogen-bond acceptors (Lipinski definition) is 3.